The molecule has 9 nitrogen and oxygen atoms in total. The molecular weight excluding hydrogens is 526 g/mol. The van der Waals surface area contributed by atoms with E-state index in [1.54, 1.807) is 6.20 Å². The number of aromatic nitrogens is 8. The second-order valence-electron chi connectivity index (χ2n) is 6.87. The highest BCUT2D eigenvalue weighted by molar-refractivity contribution is 9.11. The first-order valence-corrected chi connectivity index (χ1v) is 11.1. The van der Waals surface area contributed by atoms with Crippen LogP contribution >= 0.6 is 31.9 Å². The third kappa shape index (κ3) is 3.43. The lowest BCUT2D eigenvalue weighted by atomic mass is 10.2. The zero-order valence-corrected chi connectivity index (χ0v) is 19.8. The highest BCUT2D eigenvalue weighted by Crippen LogP contribution is 2.35. The molecule has 0 bridgehead atoms. The molecule has 0 aliphatic heterocycles. The fourth-order valence-corrected chi connectivity index (χ4v) is 4.99. The minimum atomic E-state index is 0.503. The molecule has 5 aromatic rings. The number of benzene rings is 1. The third-order valence-electron chi connectivity index (χ3n) is 5.06. The monoisotopic (exact) mass is 541 g/mol. The van der Waals surface area contributed by atoms with Gasteiger partial charge in [-0.05, 0) is 73.8 Å². The van der Waals surface area contributed by atoms with E-state index in [9.17, 15) is 0 Å². The van der Waals surface area contributed by atoms with Crippen LogP contribution in [0.1, 0.15) is 12.6 Å². The van der Waals surface area contributed by atoms with E-state index in [0.29, 0.717) is 5.82 Å². The van der Waals surface area contributed by atoms with Crippen molar-refractivity contribution in [3.63, 3.8) is 0 Å². The summed E-state index contributed by atoms with van der Waals surface area (Å²) in [5, 5.41) is 18.9. The van der Waals surface area contributed by atoms with E-state index in [-0.39, 0.29) is 0 Å². The van der Waals surface area contributed by atoms with Gasteiger partial charge in [-0.1, -0.05) is 6.92 Å². The van der Waals surface area contributed by atoms with E-state index < -0.39 is 0 Å². The second-order valence-corrected chi connectivity index (χ2v) is 8.54. The van der Waals surface area contributed by atoms with Crippen molar-refractivity contribution in [1.29, 1.82) is 0 Å². The Balaban J connectivity index is 1.55. The van der Waals surface area contributed by atoms with E-state index >= 15 is 0 Å². The Labute approximate surface area is 194 Å². The van der Waals surface area contributed by atoms with Crippen LogP contribution in [0.25, 0.3) is 22.9 Å². The number of nitrogens with one attached hydrogen (secondary N) is 1. The number of rotatable bonds is 5. The Hall–Kier alpha value is -3.05. The number of H-pyrrole nitrogens is 1. The topological polar surface area (TPSA) is 92.8 Å². The maximum Gasteiger partial charge on any atom is 0.222 e. The minimum absolute atomic E-state index is 0.503. The van der Waals surface area contributed by atoms with Crippen LogP contribution in [0, 0.1) is 0 Å². The second kappa shape index (κ2) is 7.89. The summed E-state index contributed by atoms with van der Waals surface area (Å²) < 4.78 is 5.61. The Bertz CT molecular complexity index is 1350. The van der Waals surface area contributed by atoms with Gasteiger partial charge in [0.2, 0.25) is 5.82 Å². The fourth-order valence-electron chi connectivity index (χ4n) is 3.50. The Morgan fingerprint density at radius 2 is 1.90 bits per heavy atom. The molecule has 0 saturated heterocycles. The van der Waals surface area contributed by atoms with Gasteiger partial charge in [-0.2, -0.15) is 14.8 Å². The summed E-state index contributed by atoms with van der Waals surface area (Å²) >= 11 is 7.22. The van der Waals surface area contributed by atoms with Gasteiger partial charge >= 0.3 is 0 Å². The quantitative estimate of drug-likeness (QED) is 0.350. The van der Waals surface area contributed by atoms with Crippen molar-refractivity contribution in [3.8, 4) is 17.2 Å². The van der Waals surface area contributed by atoms with Gasteiger partial charge in [0.15, 0.2) is 5.65 Å². The van der Waals surface area contributed by atoms with Gasteiger partial charge in [0.1, 0.15) is 11.5 Å². The SMILES string of the molecule is CCc1cc(N(C)c2ccc(-n3c(Br)cc(Br)c3-c3nn[nH]n3)cc2)n2nccc2n1. The number of anilines is 2. The first-order valence-electron chi connectivity index (χ1n) is 9.55. The molecule has 31 heavy (non-hydrogen) atoms. The maximum absolute atomic E-state index is 4.63. The molecule has 0 radical (unpaired) electrons. The van der Waals surface area contributed by atoms with Gasteiger partial charge in [-0.25, -0.2) is 4.98 Å². The van der Waals surface area contributed by atoms with Crippen LogP contribution in [0.4, 0.5) is 11.5 Å². The Morgan fingerprint density at radius 3 is 2.61 bits per heavy atom. The molecule has 156 valence electrons. The Kier molecular flexibility index (Phi) is 5.06. The van der Waals surface area contributed by atoms with E-state index in [2.05, 4.69) is 105 Å². The third-order valence-corrected chi connectivity index (χ3v) is 6.25. The van der Waals surface area contributed by atoms with Crippen molar-refractivity contribution in [3.05, 3.63) is 63.4 Å². The number of nitrogens with zero attached hydrogens (tertiary/aromatic N) is 8. The standard InChI is InChI=1S/C20H17Br2N9/c1-3-12-10-18(31-17(24-12)8-9-23-31)29(2)13-4-6-14(7-5-13)30-16(22)11-15(21)19(30)20-25-27-28-26-20/h4-11H,3H2,1-2H3,(H,25,26,27,28). The van der Waals surface area contributed by atoms with Crippen molar-refractivity contribution >= 4 is 49.0 Å². The number of hydrogen-bond donors (Lipinski definition) is 1. The fraction of sp³-hybridized carbons (Fsp3) is 0.150. The molecule has 4 aromatic heterocycles. The van der Waals surface area contributed by atoms with Crippen LogP contribution in [0.3, 0.4) is 0 Å². The predicted molar refractivity (Wildman–Crippen MR) is 125 cm³/mol. The summed E-state index contributed by atoms with van der Waals surface area (Å²) in [6.07, 6.45) is 2.62. The van der Waals surface area contributed by atoms with Crippen molar-refractivity contribution in [2.75, 3.05) is 11.9 Å². The summed E-state index contributed by atoms with van der Waals surface area (Å²) in [5.74, 6) is 1.46. The van der Waals surface area contributed by atoms with Gasteiger partial charge in [0, 0.05) is 40.7 Å². The molecule has 1 aromatic carbocycles. The molecular formula is C20H17Br2N9. The van der Waals surface area contributed by atoms with Crippen LogP contribution in [0.15, 0.2) is 57.7 Å². The summed E-state index contributed by atoms with van der Waals surface area (Å²) in [7, 11) is 2.03. The summed E-state index contributed by atoms with van der Waals surface area (Å²) in [6, 6.07) is 14.2. The molecule has 5 rings (SSSR count). The van der Waals surface area contributed by atoms with Crippen LogP contribution in [0.5, 0.6) is 0 Å². The predicted octanol–water partition coefficient (Wildman–Crippen LogP) is 4.56. The van der Waals surface area contributed by atoms with Gasteiger partial charge < -0.3 is 4.90 Å². The molecule has 0 fully saturated rings. The average Bonchev–Trinajstić information content (AvgIpc) is 3.52. The number of aryl methyl sites for hydroxylation is 1. The zero-order chi connectivity index (χ0) is 21.5. The number of fused-ring (bicyclic) bond motifs is 1. The molecule has 0 spiro atoms. The average molecular weight is 543 g/mol. The molecule has 1 N–H and O–H groups in total. The highest BCUT2D eigenvalue weighted by Gasteiger charge is 2.19. The zero-order valence-electron chi connectivity index (χ0n) is 16.7. The van der Waals surface area contributed by atoms with E-state index in [4.69, 9.17) is 0 Å². The van der Waals surface area contributed by atoms with Crippen molar-refractivity contribution < 1.29 is 0 Å². The number of aromatic amines is 1. The van der Waals surface area contributed by atoms with E-state index in [0.717, 1.165) is 49.7 Å². The maximum atomic E-state index is 4.63. The molecule has 0 saturated carbocycles. The van der Waals surface area contributed by atoms with Gasteiger partial charge in [0.05, 0.1) is 10.8 Å². The van der Waals surface area contributed by atoms with E-state index in [1.807, 2.05) is 28.3 Å². The molecule has 11 heteroatoms. The number of halogens is 2. The molecule has 0 amide bonds. The summed E-state index contributed by atoms with van der Waals surface area (Å²) in [6.45, 7) is 2.10. The molecule has 0 aliphatic carbocycles. The van der Waals surface area contributed by atoms with Crippen molar-refractivity contribution in [1.82, 2.24) is 39.8 Å². The lowest BCUT2D eigenvalue weighted by molar-refractivity contribution is 0.881. The lowest BCUT2D eigenvalue weighted by Gasteiger charge is -2.21. The van der Waals surface area contributed by atoms with Crippen LogP contribution in [0.2, 0.25) is 0 Å². The highest BCUT2D eigenvalue weighted by atomic mass is 79.9. The summed E-state index contributed by atoms with van der Waals surface area (Å²) in [4.78, 5) is 6.73. The molecule has 4 heterocycles. The van der Waals surface area contributed by atoms with Gasteiger partial charge in [-0.15, -0.1) is 10.2 Å². The number of hydrogen-bond acceptors (Lipinski definition) is 6. The Morgan fingerprint density at radius 1 is 1.10 bits per heavy atom. The number of tetrazole rings is 1. The van der Waals surface area contributed by atoms with Crippen molar-refractivity contribution in [2.45, 2.75) is 13.3 Å². The molecule has 0 atom stereocenters. The van der Waals surface area contributed by atoms with Crippen molar-refractivity contribution in [2.24, 2.45) is 0 Å². The molecule has 0 unspecified atom stereocenters. The van der Waals surface area contributed by atoms with Crippen LogP contribution < -0.4 is 4.90 Å². The van der Waals surface area contributed by atoms with Crippen LogP contribution in [-0.4, -0.2) is 46.8 Å². The smallest absolute Gasteiger partial charge is 0.222 e. The lowest BCUT2D eigenvalue weighted by Crippen LogP contribution is -2.15. The van der Waals surface area contributed by atoms with E-state index in [1.165, 1.54) is 0 Å². The molecule has 0 aliphatic rings. The first kappa shape index (κ1) is 19.9. The van der Waals surface area contributed by atoms with Gasteiger partial charge in [0.25, 0.3) is 0 Å². The normalized spacial score (nSPS) is 11.4. The first-order chi connectivity index (χ1) is 15.1. The minimum Gasteiger partial charge on any atom is -0.329 e. The van der Waals surface area contributed by atoms with Gasteiger partial charge in [-0.3, -0.25) is 4.57 Å². The van der Waals surface area contributed by atoms with Crippen LogP contribution in [-0.2, 0) is 6.42 Å². The summed E-state index contributed by atoms with van der Waals surface area (Å²) in [5.41, 5.74) is 4.66. The largest absolute Gasteiger partial charge is 0.329 e.